The molecule has 1 fully saturated rings. The highest BCUT2D eigenvalue weighted by Gasteiger charge is 2.35. The lowest BCUT2D eigenvalue weighted by Gasteiger charge is -2.37. The van der Waals surface area contributed by atoms with Crippen LogP contribution in [0.15, 0.2) is 23.2 Å². The highest BCUT2D eigenvalue weighted by atomic mass is 32.2. The molecule has 1 aliphatic rings. The first-order chi connectivity index (χ1) is 8.96. The first-order valence-electron chi connectivity index (χ1n) is 6.65. The van der Waals surface area contributed by atoms with E-state index in [1.807, 2.05) is 13.8 Å². The highest BCUT2D eigenvalue weighted by molar-refractivity contribution is 7.89. The second-order valence-electron chi connectivity index (χ2n) is 5.15. The van der Waals surface area contributed by atoms with Crippen molar-refractivity contribution in [2.24, 2.45) is 5.73 Å². The molecule has 1 aliphatic heterocycles. The fourth-order valence-electron chi connectivity index (χ4n) is 2.68. The first kappa shape index (κ1) is 14.4. The summed E-state index contributed by atoms with van der Waals surface area (Å²) in [4.78, 5) is 4.33. The van der Waals surface area contributed by atoms with Crippen LogP contribution < -0.4 is 5.73 Å². The van der Waals surface area contributed by atoms with E-state index in [0.717, 1.165) is 19.3 Å². The van der Waals surface area contributed by atoms with Crippen LogP contribution in [-0.2, 0) is 16.6 Å². The summed E-state index contributed by atoms with van der Waals surface area (Å²) in [5.41, 5.74) is 6.17. The lowest BCUT2D eigenvalue weighted by Crippen LogP contribution is -2.47. The van der Waals surface area contributed by atoms with Gasteiger partial charge >= 0.3 is 0 Å². The normalized spacial score (nSPS) is 25.4. The zero-order valence-electron chi connectivity index (χ0n) is 11.4. The fourth-order valence-corrected chi connectivity index (χ4v) is 4.51. The van der Waals surface area contributed by atoms with E-state index in [1.165, 1.54) is 6.20 Å². The molecular formula is C13H21N3O2S. The van der Waals surface area contributed by atoms with Gasteiger partial charge in [-0.15, -0.1) is 0 Å². The van der Waals surface area contributed by atoms with Crippen molar-refractivity contribution in [1.82, 2.24) is 9.29 Å². The molecule has 1 aromatic rings. The Balaban J connectivity index is 2.34. The summed E-state index contributed by atoms with van der Waals surface area (Å²) in [5.74, 6) is 0. The summed E-state index contributed by atoms with van der Waals surface area (Å²) in [6.45, 7) is 4.25. The Morgan fingerprint density at radius 1 is 1.32 bits per heavy atom. The summed E-state index contributed by atoms with van der Waals surface area (Å²) < 4.78 is 26.9. The molecule has 2 heterocycles. The molecule has 1 saturated heterocycles. The largest absolute Gasteiger partial charge is 0.325 e. The van der Waals surface area contributed by atoms with Gasteiger partial charge in [-0.2, -0.15) is 4.31 Å². The number of piperidine rings is 1. The molecule has 5 nitrogen and oxygen atoms in total. The van der Waals surface area contributed by atoms with E-state index in [0.29, 0.717) is 12.2 Å². The van der Waals surface area contributed by atoms with Gasteiger partial charge in [0.25, 0.3) is 0 Å². The van der Waals surface area contributed by atoms with Crippen molar-refractivity contribution in [2.45, 2.75) is 56.6 Å². The molecule has 0 amide bonds. The Morgan fingerprint density at radius 2 is 1.95 bits per heavy atom. The average Bonchev–Trinajstić information content (AvgIpc) is 2.38. The maximum absolute atomic E-state index is 12.7. The second kappa shape index (κ2) is 5.56. The van der Waals surface area contributed by atoms with Crippen molar-refractivity contribution < 1.29 is 8.42 Å². The van der Waals surface area contributed by atoms with Crippen LogP contribution in [-0.4, -0.2) is 29.8 Å². The Labute approximate surface area is 114 Å². The van der Waals surface area contributed by atoms with Gasteiger partial charge in [0.2, 0.25) is 10.0 Å². The third-order valence-electron chi connectivity index (χ3n) is 3.69. The van der Waals surface area contributed by atoms with Crippen molar-refractivity contribution in [1.29, 1.82) is 0 Å². The molecule has 2 atom stereocenters. The molecule has 6 heteroatoms. The number of hydrogen-bond donors (Lipinski definition) is 1. The molecular weight excluding hydrogens is 262 g/mol. The number of nitrogens with zero attached hydrogens (tertiary/aromatic N) is 2. The average molecular weight is 283 g/mol. The quantitative estimate of drug-likeness (QED) is 0.912. The first-order valence-corrected chi connectivity index (χ1v) is 8.09. The summed E-state index contributed by atoms with van der Waals surface area (Å²) in [7, 11) is -3.46. The maximum Gasteiger partial charge on any atom is 0.245 e. The van der Waals surface area contributed by atoms with E-state index in [4.69, 9.17) is 5.73 Å². The predicted molar refractivity (Wildman–Crippen MR) is 73.9 cm³/mol. The molecule has 1 aromatic heterocycles. The monoisotopic (exact) mass is 283 g/mol. The predicted octanol–water partition coefficient (Wildman–Crippen LogP) is 1.49. The van der Waals surface area contributed by atoms with Crippen LogP contribution in [0.3, 0.4) is 0 Å². The standard InChI is InChI=1S/C13H21N3O2S/c1-10-4-3-5-11(2)16(10)19(17,18)13-7-6-12(8-14)15-9-13/h6-7,9-11H,3-5,8,14H2,1-2H3/t10-,11+. The number of nitrogens with two attached hydrogens (primary N) is 1. The van der Waals surface area contributed by atoms with Crippen LogP contribution in [0.5, 0.6) is 0 Å². The van der Waals surface area contributed by atoms with Crippen molar-refractivity contribution in [3.05, 3.63) is 24.0 Å². The molecule has 0 unspecified atom stereocenters. The van der Waals surface area contributed by atoms with E-state index in [-0.39, 0.29) is 17.0 Å². The van der Waals surface area contributed by atoms with Gasteiger partial charge in [-0.3, -0.25) is 4.98 Å². The maximum atomic E-state index is 12.7. The molecule has 0 radical (unpaired) electrons. The van der Waals surface area contributed by atoms with Crippen molar-refractivity contribution >= 4 is 10.0 Å². The van der Waals surface area contributed by atoms with Gasteiger partial charge in [0.15, 0.2) is 0 Å². The zero-order chi connectivity index (χ0) is 14.0. The van der Waals surface area contributed by atoms with Crippen LogP contribution in [0, 0.1) is 0 Å². The molecule has 0 aromatic carbocycles. The molecule has 106 valence electrons. The second-order valence-corrected chi connectivity index (χ2v) is 7.00. The number of rotatable bonds is 3. The van der Waals surface area contributed by atoms with E-state index in [9.17, 15) is 8.42 Å². The molecule has 2 N–H and O–H groups in total. The summed E-state index contributed by atoms with van der Waals surface area (Å²) in [6, 6.07) is 3.36. The Kier molecular flexibility index (Phi) is 4.23. The van der Waals surface area contributed by atoms with Gasteiger partial charge in [-0.1, -0.05) is 6.42 Å². The van der Waals surface area contributed by atoms with Crippen molar-refractivity contribution in [2.75, 3.05) is 0 Å². The molecule has 0 bridgehead atoms. The van der Waals surface area contributed by atoms with E-state index in [2.05, 4.69) is 4.98 Å². The van der Waals surface area contributed by atoms with E-state index < -0.39 is 10.0 Å². The van der Waals surface area contributed by atoms with E-state index >= 15 is 0 Å². The van der Waals surface area contributed by atoms with Gasteiger partial charge in [0, 0.05) is 24.8 Å². The number of sulfonamides is 1. The fraction of sp³-hybridized carbons (Fsp3) is 0.615. The minimum Gasteiger partial charge on any atom is -0.325 e. The number of hydrogen-bond acceptors (Lipinski definition) is 4. The third kappa shape index (κ3) is 2.80. The van der Waals surface area contributed by atoms with Crippen LogP contribution >= 0.6 is 0 Å². The molecule has 0 spiro atoms. The van der Waals surface area contributed by atoms with Crippen LogP contribution in [0.1, 0.15) is 38.8 Å². The molecule has 0 aliphatic carbocycles. The highest BCUT2D eigenvalue weighted by Crippen LogP contribution is 2.29. The molecule has 2 rings (SSSR count). The summed E-state index contributed by atoms with van der Waals surface area (Å²) >= 11 is 0. The minimum absolute atomic E-state index is 0.0444. The van der Waals surface area contributed by atoms with Gasteiger partial charge in [-0.25, -0.2) is 8.42 Å². The summed E-state index contributed by atoms with van der Waals surface area (Å²) in [5, 5.41) is 0. The lowest BCUT2D eigenvalue weighted by molar-refractivity contribution is 0.204. The van der Waals surface area contributed by atoms with Gasteiger partial charge in [0.05, 0.1) is 5.69 Å². The minimum atomic E-state index is -3.46. The SMILES string of the molecule is C[C@@H]1CCC[C@H](C)N1S(=O)(=O)c1ccc(CN)nc1. The summed E-state index contributed by atoms with van der Waals surface area (Å²) in [6.07, 6.45) is 4.32. The van der Waals surface area contributed by atoms with E-state index in [1.54, 1.807) is 16.4 Å². The van der Waals surface area contributed by atoms with Gasteiger partial charge in [0.1, 0.15) is 4.90 Å². The van der Waals surface area contributed by atoms with Crippen LogP contribution in [0.4, 0.5) is 0 Å². The Morgan fingerprint density at radius 3 is 2.42 bits per heavy atom. The van der Waals surface area contributed by atoms with Crippen molar-refractivity contribution in [3.8, 4) is 0 Å². The molecule has 0 saturated carbocycles. The smallest absolute Gasteiger partial charge is 0.245 e. The van der Waals surface area contributed by atoms with Gasteiger partial charge in [-0.05, 0) is 38.8 Å². The van der Waals surface area contributed by atoms with Crippen molar-refractivity contribution in [3.63, 3.8) is 0 Å². The number of aromatic nitrogens is 1. The topological polar surface area (TPSA) is 76.3 Å². The Bertz CT molecular complexity index is 517. The zero-order valence-corrected chi connectivity index (χ0v) is 12.2. The van der Waals surface area contributed by atoms with Crippen LogP contribution in [0.2, 0.25) is 0 Å². The third-order valence-corrected chi connectivity index (χ3v) is 5.81. The molecule has 19 heavy (non-hydrogen) atoms. The lowest BCUT2D eigenvalue weighted by atomic mass is 10.0. The van der Waals surface area contributed by atoms with Crippen LogP contribution in [0.25, 0.3) is 0 Å². The van der Waals surface area contributed by atoms with Gasteiger partial charge < -0.3 is 5.73 Å². The Hall–Kier alpha value is -0.980. The number of pyridine rings is 1.